The lowest BCUT2D eigenvalue weighted by Gasteiger charge is -2.30. The molecule has 8 nitrogen and oxygen atoms in total. The molecule has 1 atom stereocenters. The van der Waals surface area contributed by atoms with Gasteiger partial charge < -0.3 is 18.9 Å². The number of hydrogen-bond donors (Lipinski definition) is 0. The zero-order valence-electron chi connectivity index (χ0n) is 21.0. The minimum Gasteiger partial charge on any atom is -0.497 e. The lowest BCUT2D eigenvalue weighted by Crippen LogP contribution is -2.39. The Balaban J connectivity index is 1.50. The Morgan fingerprint density at radius 3 is 2.80 bits per heavy atom. The summed E-state index contributed by atoms with van der Waals surface area (Å²) in [5, 5.41) is 0. The van der Waals surface area contributed by atoms with Crippen molar-refractivity contribution in [1.82, 2.24) is 24.4 Å². The summed E-state index contributed by atoms with van der Waals surface area (Å²) in [6.07, 6.45) is 1.79. The van der Waals surface area contributed by atoms with Crippen LogP contribution in [0, 0.1) is 12.8 Å². The zero-order chi connectivity index (χ0) is 24.5. The summed E-state index contributed by atoms with van der Waals surface area (Å²) in [5.74, 6) is 3.15. The summed E-state index contributed by atoms with van der Waals surface area (Å²) in [6.45, 7) is 9.40. The number of nitrogens with zero attached hydrogens (tertiary/aromatic N) is 5. The first-order valence-corrected chi connectivity index (χ1v) is 12.4. The van der Waals surface area contributed by atoms with Crippen molar-refractivity contribution in [3.8, 4) is 17.0 Å². The van der Waals surface area contributed by atoms with Gasteiger partial charge >= 0.3 is 0 Å². The van der Waals surface area contributed by atoms with Crippen molar-refractivity contribution in [2.24, 2.45) is 5.92 Å². The average Bonchev–Trinajstić information content (AvgIpc) is 3.50. The fourth-order valence-corrected chi connectivity index (χ4v) is 5.04. The maximum atomic E-state index is 13.6. The largest absolute Gasteiger partial charge is 0.497 e. The number of methoxy groups -OCH3 is 1. The Morgan fingerprint density at radius 1 is 1.20 bits per heavy atom. The van der Waals surface area contributed by atoms with E-state index < -0.39 is 0 Å². The van der Waals surface area contributed by atoms with Gasteiger partial charge in [0.2, 0.25) is 0 Å². The molecular formula is C27H33N5O3. The number of carbonyl (C=O) groups excluding carboxylic acids is 1. The van der Waals surface area contributed by atoms with Gasteiger partial charge in [0.15, 0.2) is 0 Å². The Kier molecular flexibility index (Phi) is 6.56. The van der Waals surface area contributed by atoms with E-state index in [1.807, 2.05) is 42.2 Å². The zero-order valence-corrected chi connectivity index (χ0v) is 21.0. The van der Waals surface area contributed by atoms with Gasteiger partial charge in [-0.05, 0) is 43.9 Å². The van der Waals surface area contributed by atoms with Gasteiger partial charge in [-0.1, -0.05) is 26.0 Å². The fourth-order valence-electron chi connectivity index (χ4n) is 5.04. The highest BCUT2D eigenvalue weighted by Gasteiger charge is 2.32. The number of aryl methyl sites for hydroxylation is 1. The molecule has 0 spiro atoms. The third-order valence-electron chi connectivity index (χ3n) is 6.69. The number of ether oxygens (including phenoxy) is 2. The predicted molar refractivity (Wildman–Crippen MR) is 132 cm³/mol. The van der Waals surface area contributed by atoms with E-state index in [1.165, 1.54) is 0 Å². The molecular weight excluding hydrogens is 442 g/mol. The molecule has 1 aromatic carbocycles. The minimum atomic E-state index is -0.0599. The van der Waals surface area contributed by atoms with Crippen LogP contribution in [0.25, 0.3) is 11.3 Å². The van der Waals surface area contributed by atoms with E-state index in [-0.39, 0.29) is 11.8 Å². The smallest absolute Gasteiger partial charge is 0.273 e. The molecule has 2 aliphatic heterocycles. The van der Waals surface area contributed by atoms with Crippen LogP contribution in [0.2, 0.25) is 0 Å². The molecule has 2 aliphatic rings. The summed E-state index contributed by atoms with van der Waals surface area (Å²) in [5.41, 5.74) is 4.33. The molecule has 5 rings (SSSR count). The lowest BCUT2D eigenvalue weighted by molar-refractivity contribution is 0.0703. The highest BCUT2D eigenvalue weighted by Crippen LogP contribution is 2.35. The van der Waals surface area contributed by atoms with Gasteiger partial charge in [-0.15, -0.1) is 0 Å². The molecule has 1 saturated heterocycles. The van der Waals surface area contributed by atoms with Gasteiger partial charge in [0, 0.05) is 36.9 Å². The number of imidazole rings is 1. The molecule has 8 heteroatoms. The van der Waals surface area contributed by atoms with Crippen LogP contribution in [-0.2, 0) is 24.2 Å². The minimum absolute atomic E-state index is 0.0599. The third kappa shape index (κ3) is 4.80. The number of benzene rings is 1. The Morgan fingerprint density at radius 2 is 2.06 bits per heavy atom. The van der Waals surface area contributed by atoms with Crippen molar-refractivity contribution in [3.63, 3.8) is 0 Å². The summed E-state index contributed by atoms with van der Waals surface area (Å²) in [7, 11) is 1.67. The summed E-state index contributed by atoms with van der Waals surface area (Å²) < 4.78 is 13.4. The highest BCUT2D eigenvalue weighted by molar-refractivity contribution is 5.92. The number of carbonyl (C=O) groups is 1. The van der Waals surface area contributed by atoms with Gasteiger partial charge in [0.1, 0.15) is 23.1 Å². The second kappa shape index (κ2) is 9.77. The number of rotatable bonds is 6. The SMILES string of the molecule is COc1cccc(-c2nc(C3CCOC3)n3c2CN(C(=O)c2cc(CC(C)C)nc(C)n2)CC3)c1. The predicted octanol–water partition coefficient (Wildman–Crippen LogP) is 4.02. The third-order valence-corrected chi connectivity index (χ3v) is 6.69. The van der Waals surface area contributed by atoms with Crippen molar-refractivity contribution in [2.75, 3.05) is 26.9 Å². The first kappa shape index (κ1) is 23.5. The Labute approximate surface area is 206 Å². The average molecular weight is 476 g/mol. The maximum absolute atomic E-state index is 13.6. The molecule has 0 radical (unpaired) electrons. The summed E-state index contributed by atoms with van der Waals surface area (Å²) >= 11 is 0. The second-order valence-corrected chi connectivity index (χ2v) is 9.83. The molecule has 0 bridgehead atoms. The molecule has 0 saturated carbocycles. The number of hydrogen-bond acceptors (Lipinski definition) is 6. The molecule has 35 heavy (non-hydrogen) atoms. The van der Waals surface area contributed by atoms with Crippen molar-refractivity contribution >= 4 is 5.91 Å². The van der Waals surface area contributed by atoms with E-state index in [9.17, 15) is 4.79 Å². The second-order valence-electron chi connectivity index (χ2n) is 9.83. The van der Waals surface area contributed by atoms with Crippen molar-refractivity contribution in [3.05, 3.63) is 59.1 Å². The van der Waals surface area contributed by atoms with Crippen molar-refractivity contribution < 1.29 is 14.3 Å². The van der Waals surface area contributed by atoms with Crippen LogP contribution in [-0.4, -0.2) is 57.2 Å². The fraction of sp³-hybridized carbons (Fsp3) is 0.481. The van der Waals surface area contributed by atoms with E-state index >= 15 is 0 Å². The molecule has 2 aromatic heterocycles. The van der Waals surface area contributed by atoms with Crippen LogP contribution in [0.15, 0.2) is 30.3 Å². The van der Waals surface area contributed by atoms with E-state index in [1.54, 1.807) is 7.11 Å². The van der Waals surface area contributed by atoms with E-state index in [4.69, 9.17) is 14.5 Å². The van der Waals surface area contributed by atoms with Crippen LogP contribution in [0.5, 0.6) is 5.75 Å². The highest BCUT2D eigenvalue weighted by atomic mass is 16.5. The summed E-state index contributed by atoms with van der Waals surface area (Å²) in [4.78, 5) is 29.6. The van der Waals surface area contributed by atoms with E-state index in [0.29, 0.717) is 43.7 Å². The monoisotopic (exact) mass is 475 g/mol. The van der Waals surface area contributed by atoms with Crippen molar-refractivity contribution in [1.29, 1.82) is 0 Å². The Bertz CT molecular complexity index is 1230. The molecule has 1 unspecified atom stereocenters. The van der Waals surface area contributed by atoms with Crippen LogP contribution in [0.1, 0.15) is 59.7 Å². The maximum Gasteiger partial charge on any atom is 0.273 e. The van der Waals surface area contributed by atoms with Gasteiger partial charge in [-0.25, -0.2) is 15.0 Å². The van der Waals surface area contributed by atoms with Crippen molar-refractivity contribution in [2.45, 2.75) is 52.6 Å². The molecule has 4 heterocycles. The number of fused-ring (bicyclic) bond motifs is 1. The van der Waals surface area contributed by atoms with Crippen LogP contribution in [0.3, 0.4) is 0 Å². The molecule has 0 N–H and O–H groups in total. The van der Waals surface area contributed by atoms with Crippen LogP contribution >= 0.6 is 0 Å². The molecule has 1 fully saturated rings. The van der Waals surface area contributed by atoms with E-state index in [0.717, 1.165) is 53.7 Å². The number of aromatic nitrogens is 4. The van der Waals surface area contributed by atoms with Gasteiger partial charge in [-0.2, -0.15) is 0 Å². The summed E-state index contributed by atoms with van der Waals surface area (Å²) in [6, 6.07) is 9.81. The molecule has 184 valence electrons. The normalized spacial score (nSPS) is 17.6. The number of amides is 1. The quantitative estimate of drug-likeness (QED) is 0.536. The Hall–Kier alpha value is -3.26. The van der Waals surface area contributed by atoms with Gasteiger partial charge in [0.25, 0.3) is 5.91 Å². The molecule has 0 aliphatic carbocycles. The van der Waals surface area contributed by atoms with Crippen LogP contribution < -0.4 is 4.74 Å². The molecule has 1 amide bonds. The topological polar surface area (TPSA) is 82.4 Å². The first-order valence-electron chi connectivity index (χ1n) is 12.4. The van der Waals surface area contributed by atoms with Gasteiger partial charge in [-0.3, -0.25) is 4.79 Å². The molecule has 3 aromatic rings. The van der Waals surface area contributed by atoms with Crippen LogP contribution in [0.4, 0.5) is 0 Å². The standard InChI is InChI=1S/C27H33N5O3/c1-17(2)12-21-14-23(29-18(3)28-21)27(33)31-9-10-32-24(15-31)25(19-6-5-7-22(13-19)34-4)30-26(32)20-8-11-35-16-20/h5-7,13-14,17,20H,8-12,15-16H2,1-4H3. The van der Waals surface area contributed by atoms with E-state index in [2.05, 4.69) is 28.4 Å². The first-order chi connectivity index (χ1) is 16.9. The lowest BCUT2D eigenvalue weighted by atomic mass is 10.1. The van der Waals surface area contributed by atoms with Gasteiger partial charge in [0.05, 0.1) is 31.6 Å².